The second kappa shape index (κ2) is 3.30. The molecule has 1 aromatic rings. The van der Waals surface area contributed by atoms with E-state index >= 15 is 0 Å². The molecule has 3 nitrogen and oxygen atoms in total. The summed E-state index contributed by atoms with van der Waals surface area (Å²) in [5.74, 6) is 1.44. The summed E-state index contributed by atoms with van der Waals surface area (Å²) in [4.78, 5) is 12.3. The van der Waals surface area contributed by atoms with Gasteiger partial charge in [-0.15, -0.1) is 0 Å². The summed E-state index contributed by atoms with van der Waals surface area (Å²) in [5.41, 5.74) is 1.87. The molecular formula is C13H16N2O. The minimum Gasteiger partial charge on any atom is -0.272 e. The Bertz CT molecular complexity index is 472. The van der Waals surface area contributed by atoms with Crippen LogP contribution < -0.4 is 0 Å². The number of rotatable bonds is 1. The molecule has 1 heterocycles. The van der Waals surface area contributed by atoms with Crippen LogP contribution in [0.15, 0.2) is 18.2 Å². The van der Waals surface area contributed by atoms with E-state index in [2.05, 4.69) is 17.3 Å². The predicted molar refractivity (Wildman–Crippen MR) is 61.2 cm³/mol. The van der Waals surface area contributed by atoms with Gasteiger partial charge in [0.2, 0.25) is 0 Å². The van der Waals surface area contributed by atoms with E-state index in [4.69, 9.17) is 0 Å². The van der Waals surface area contributed by atoms with Crippen molar-refractivity contribution in [3.05, 3.63) is 29.6 Å². The van der Waals surface area contributed by atoms with Crippen LogP contribution in [-0.2, 0) is 0 Å². The molecule has 2 aliphatic rings. The maximum atomic E-state index is 12.3. The lowest BCUT2D eigenvalue weighted by Gasteiger charge is -2.16. The van der Waals surface area contributed by atoms with Crippen LogP contribution in [-0.4, -0.2) is 15.7 Å². The summed E-state index contributed by atoms with van der Waals surface area (Å²) in [7, 11) is 0. The summed E-state index contributed by atoms with van der Waals surface area (Å²) < 4.78 is 1.59. The zero-order valence-corrected chi connectivity index (χ0v) is 9.68. The van der Waals surface area contributed by atoms with Crippen LogP contribution in [0.1, 0.15) is 29.0 Å². The first-order valence-electron chi connectivity index (χ1n) is 5.91. The number of hydrogen-bond acceptors (Lipinski definition) is 2. The van der Waals surface area contributed by atoms with Crippen molar-refractivity contribution in [1.82, 2.24) is 9.78 Å². The lowest BCUT2D eigenvalue weighted by atomic mass is 9.93. The molecule has 0 spiro atoms. The zero-order chi connectivity index (χ0) is 11.3. The number of nitrogens with zero attached hydrogens (tertiary/aromatic N) is 2. The van der Waals surface area contributed by atoms with E-state index in [1.807, 2.05) is 19.9 Å². The minimum absolute atomic E-state index is 0.160. The Labute approximate surface area is 95.1 Å². The Morgan fingerprint density at radius 3 is 2.69 bits per heavy atom. The van der Waals surface area contributed by atoms with Crippen molar-refractivity contribution in [1.29, 1.82) is 0 Å². The van der Waals surface area contributed by atoms with E-state index in [9.17, 15) is 4.79 Å². The van der Waals surface area contributed by atoms with Crippen molar-refractivity contribution in [2.24, 2.45) is 17.8 Å². The second-order valence-electron chi connectivity index (χ2n) is 5.06. The monoisotopic (exact) mass is 216 g/mol. The quantitative estimate of drug-likeness (QED) is 0.675. The van der Waals surface area contributed by atoms with Crippen molar-refractivity contribution >= 4 is 5.91 Å². The smallest absolute Gasteiger partial charge is 0.250 e. The van der Waals surface area contributed by atoms with Crippen molar-refractivity contribution in [2.45, 2.75) is 26.7 Å². The normalized spacial score (nSPS) is 31.2. The SMILES string of the molecule is Cc1cc(C)n(C(=O)[C@H]2C[C@@H]3C=CC2C3)n1. The van der Waals surface area contributed by atoms with Gasteiger partial charge in [0.05, 0.1) is 5.69 Å². The zero-order valence-electron chi connectivity index (χ0n) is 9.68. The minimum atomic E-state index is 0.160. The van der Waals surface area contributed by atoms with Crippen molar-refractivity contribution in [3.8, 4) is 0 Å². The molecule has 1 unspecified atom stereocenters. The van der Waals surface area contributed by atoms with Crippen molar-refractivity contribution < 1.29 is 4.79 Å². The molecule has 0 saturated heterocycles. The Morgan fingerprint density at radius 2 is 2.19 bits per heavy atom. The maximum Gasteiger partial charge on any atom is 0.250 e. The van der Waals surface area contributed by atoms with Crippen LogP contribution in [0, 0.1) is 31.6 Å². The van der Waals surface area contributed by atoms with Gasteiger partial charge in [0.15, 0.2) is 0 Å². The van der Waals surface area contributed by atoms with E-state index in [-0.39, 0.29) is 11.8 Å². The fourth-order valence-electron chi connectivity index (χ4n) is 3.07. The molecule has 84 valence electrons. The van der Waals surface area contributed by atoms with Crippen molar-refractivity contribution in [3.63, 3.8) is 0 Å². The van der Waals surface area contributed by atoms with E-state index < -0.39 is 0 Å². The molecule has 0 aliphatic heterocycles. The van der Waals surface area contributed by atoms with Gasteiger partial charge in [0.25, 0.3) is 5.91 Å². The molecule has 3 atom stereocenters. The van der Waals surface area contributed by atoms with Gasteiger partial charge in [0, 0.05) is 11.6 Å². The highest BCUT2D eigenvalue weighted by Crippen LogP contribution is 2.44. The highest BCUT2D eigenvalue weighted by atomic mass is 16.2. The molecule has 1 fully saturated rings. The Hall–Kier alpha value is -1.38. The maximum absolute atomic E-state index is 12.3. The molecule has 2 bridgehead atoms. The van der Waals surface area contributed by atoms with E-state index in [0.29, 0.717) is 11.8 Å². The van der Waals surface area contributed by atoms with E-state index in [1.54, 1.807) is 4.68 Å². The third kappa shape index (κ3) is 1.34. The molecule has 0 N–H and O–H groups in total. The number of carbonyl (C=O) groups excluding carboxylic acids is 1. The van der Waals surface area contributed by atoms with E-state index in [1.165, 1.54) is 0 Å². The molecular weight excluding hydrogens is 200 g/mol. The molecule has 3 rings (SSSR count). The predicted octanol–water partition coefficient (Wildman–Crippen LogP) is 2.35. The number of aromatic nitrogens is 2. The fourth-order valence-corrected chi connectivity index (χ4v) is 3.07. The van der Waals surface area contributed by atoms with Gasteiger partial charge in [-0.2, -0.15) is 5.10 Å². The van der Waals surface area contributed by atoms with E-state index in [0.717, 1.165) is 24.2 Å². The van der Waals surface area contributed by atoms with Crippen LogP contribution in [0.4, 0.5) is 0 Å². The van der Waals surface area contributed by atoms with Crippen LogP contribution in [0.3, 0.4) is 0 Å². The number of fused-ring (bicyclic) bond motifs is 2. The van der Waals surface area contributed by atoms with Gasteiger partial charge in [-0.1, -0.05) is 12.2 Å². The highest BCUT2D eigenvalue weighted by Gasteiger charge is 2.40. The van der Waals surface area contributed by atoms with Crippen LogP contribution in [0.5, 0.6) is 0 Å². The number of carbonyl (C=O) groups is 1. The summed E-state index contributed by atoms with van der Waals surface area (Å²) in [6.45, 7) is 3.87. The molecule has 1 aromatic heterocycles. The van der Waals surface area contributed by atoms with Gasteiger partial charge >= 0.3 is 0 Å². The first-order valence-corrected chi connectivity index (χ1v) is 5.91. The van der Waals surface area contributed by atoms with Gasteiger partial charge in [-0.3, -0.25) is 4.79 Å². The molecule has 16 heavy (non-hydrogen) atoms. The molecule has 1 saturated carbocycles. The van der Waals surface area contributed by atoms with Gasteiger partial charge in [-0.05, 0) is 44.6 Å². The van der Waals surface area contributed by atoms with Crippen molar-refractivity contribution in [2.75, 3.05) is 0 Å². The first-order chi connectivity index (χ1) is 7.65. The lowest BCUT2D eigenvalue weighted by molar-refractivity contribution is 0.0794. The number of aryl methyl sites for hydroxylation is 2. The average molecular weight is 216 g/mol. The Morgan fingerprint density at radius 1 is 1.38 bits per heavy atom. The number of allylic oxidation sites excluding steroid dienone is 2. The molecule has 0 amide bonds. The summed E-state index contributed by atoms with van der Waals surface area (Å²) >= 11 is 0. The topological polar surface area (TPSA) is 34.9 Å². The van der Waals surface area contributed by atoms with Gasteiger partial charge in [-0.25, -0.2) is 4.68 Å². The first kappa shape index (κ1) is 9.82. The standard InChI is InChI=1S/C13H16N2O/c1-8-5-9(2)15(14-8)13(16)12-7-10-3-4-11(12)6-10/h3-5,10-12H,6-7H2,1-2H3/t10-,11?,12+/m1/s1. The lowest BCUT2D eigenvalue weighted by Crippen LogP contribution is -2.26. The molecule has 3 heteroatoms. The van der Waals surface area contributed by atoms with Gasteiger partial charge in [0.1, 0.15) is 0 Å². The third-order valence-corrected chi connectivity index (χ3v) is 3.81. The largest absolute Gasteiger partial charge is 0.272 e. The van der Waals surface area contributed by atoms with Crippen LogP contribution in [0.25, 0.3) is 0 Å². The van der Waals surface area contributed by atoms with Gasteiger partial charge < -0.3 is 0 Å². The molecule has 0 radical (unpaired) electrons. The average Bonchev–Trinajstić information content (AvgIpc) is 2.91. The molecule has 2 aliphatic carbocycles. The Kier molecular flexibility index (Phi) is 2.03. The van der Waals surface area contributed by atoms with Crippen LogP contribution >= 0.6 is 0 Å². The second-order valence-corrected chi connectivity index (χ2v) is 5.06. The third-order valence-electron chi connectivity index (χ3n) is 3.81. The fraction of sp³-hybridized carbons (Fsp3) is 0.538. The number of hydrogen-bond donors (Lipinski definition) is 0. The summed E-state index contributed by atoms with van der Waals surface area (Å²) in [6.07, 6.45) is 6.64. The molecule has 0 aromatic carbocycles. The Balaban J connectivity index is 1.89. The summed E-state index contributed by atoms with van der Waals surface area (Å²) in [5, 5.41) is 4.28. The summed E-state index contributed by atoms with van der Waals surface area (Å²) in [6, 6.07) is 1.96. The van der Waals surface area contributed by atoms with Crippen LogP contribution in [0.2, 0.25) is 0 Å². The highest BCUT2D eigenvalue weighted by molar-refractivity contribution is 5.82.